The molecule has 1 amide bonds. The molecular formula is C17H11Cl2F3N2O2. The number of alkyl halides is 3. The van der Waals surface area contributed by atoms with Crippen LogP contribution in [0.1, 0.15) is 27.9 Å². The van der Waals surface area contributed by atoms with Crippen LogP contribution in [0.15, 0.2) is 47.6 Å². The van der Waals surface area contributed by atoms with Gasteiger partial charge < -0.3 is 10.6 Å². The highest BCUT2D eigenvalue weighted by atomic mass is 35.5. The number of carbonyl (C=O) groups excluding carboxylic acids is 1. The number of primary amides is 1. The summed E-state index contributed by atoms with van der Waals surface area (Å²) < 4.78 is 41.8. The van der Waals surface area contributed by atoms with Crippen LogP contribution in [0, 0.1) is 0 Å². The van der Waals surface area contributed by atoms with E-state index < -0.39 is 24.1 Å². The molecule has 2 aromatic carbocycles. The summed E-state index contributed by atoms with van der Waals surface area (Å²) in [6, 6.07) is 9.54. The molecule has 2 aromatic rings. The summed E-state index contributed by atoms with van der Waals surface area (Å²) in [6.45, 7) is 0. The van der Waals surface area contributed by atoms with Gasteiger partial charge in [0.1, 0.15) is 0 Å². The van der Waals surface area contributed by atoms with E-state index >= 15 is 0 Å². The summed E-state index contributed by atoms with van der Waals surface area (Å²) >= 11 is 11.7. The Morgan fingerprint density at radius 2 is 1.77 bits per heavy atom. The maximum Gasteiger partial charge on any atom is 0.435 e. The van der Waals surface area contributed by atoms with Gasteiger partial charge in [-0.25, -0.2) is 0 Å². The zero-order valence-corrected chi connectivity index (χ0v) is 14.5. The molecule has 1 aliphatic rings. The fourth-order valence-corrected chi connectivity index (χ4v) is 3.31. The number of nitrogens with two attached hydrogens (primary N) is 1. The first-order valence-electron chi connectivity index (χ1n) is 7.31. The van der Waals surface area contributed by atoms with Crippen LogP contribution in [-0.2, 0) is 10.4 Å². The van der Waals surface area contributed by atoms with E-state index in [4.69, 9.17) is 33.8 Å². The van der Waals surface area contributed by atoms with Crippen LogP contribution in [0.2, 0.25) is 10.0 Å². The average molecular weight is 403 g/mol. The third-order valence-electron chi connectivity index (χ3n) is 4.02. The molecule has 0 bridgehead atoms. The number of oxime groups is 1. The van der Waals surface area contributed by atoms with Gasteiger partial charge in [0, 0.05) is 33.2 Å². The van der Waals surface area contributed by atoms with Gasteiger partial charge in [0.15, 0.2) is 0 Å². The number of hydrogen-bond donors (Lipinski definition) is 1. The maximum atomic E-state index is 13.9. The summed E-state index contributed by atoms with van der Waals surface area (Å²) in [6.07, 6.45) is -5.47. The highest BCUT2D eigenvalue weighted by Crippen LogP contribution is 2.49. The second-order valence-corrected chi connectivity index (χ2v) is 6.57. The normalized spacial score (nSPS) is 19.8. The lowest BCUT2D eigenvalue weighted by atomic mass is 9.85. The van der Waals surface area contributed by atoms with Crippen molar-refractivity contribution < 1.29 is 22.8 Å². The molecule has 0 saturated carbocycles. The monoisotopic (exact) mass is 402 g/mol. The number of rotatable bonds is 3. The van der Waals surface area contributed by atoms with Gasteiger partial charge in [-0.2, -0.15) is 13.2 Å². The van der Waals surface area contributed by atoms with Crippen LogP contribution in [-0.4, -0.2) is 17.8 Å². The molecule has 26 heavy (non-hydrogen) atoms. The second kappa shape index (κ2) is 6.48. The van der Waals surface area contributed by atoms with Gasteiger partial charge in [0.05, 0.1) is 5.71 Å². The minimum atomic E-state index is -4.81. The van der Waals surface area contributed by atoms with Crippen molar-refractivity contribution in [1.82, 2.24) is 0 Å². The molecule has 0 aliphatic carbocycles. The fraction of sp³-hybridized carbons (Fsp3) is 0.176. The first kappa shape index (κ1) is 18.5. The maximum absolute atomic E-state index is 13.9. The Bertz CT molecular complexity index is 895. The minimum absolute atomic E-state index is 0.0331. The molecule has 1 unspecified atom stereocenters. The smallest absolute Gasteiger partial charge is 0.374 e. The van der Waals surface area contributed by atoms with Crippen molar-refractivity contribution in [2.24, 2.45) is 10.9 Å². The van der Waals surface area contributed by atoms with Gasteiger partial charge >= 0.3 is 6.18 Å². The third kappa shape index (κ3) is 3.12. The van der Waals surface area contributed by atoms with Crippen LogP contribution in [0.3, 0.4) is 0 Å². The van der Waals surface area contributed by atoms with Crippen LogP contribution in [0.25, 0.3) is 0 Å². The lowest BCUT2D eigenvalue weighted by Gasteiger charge is -2.29. The number of carbonyl (C=O) groups is 1. The van der Waals surface area contributed by atoms with Crippen molar-refractivity contribution in [1.29, 1.82) is 0 Å². The fourth-order valence-electron chi connectivity index (χ4n) is 2.78. The Morgan fingerprint density at radius 3 is 2.35 bits per heavy atom. The number of hydrogen-bond acceptors (Lipinski definition) is 3. The molecule has 1 aliphatic heterocycles. The molecule has 0 spiro atoms. The Hall–Kier alpha value is -2.25. The molecule has 0 fully saturated rings. The predicted molar refractivity (Wildman–Crippen MR) is 91.4 cm³/mol. The predicted octanol–water partition coefficient (Wildman–Crippen LogP) is 4.67. The van der Waals surface area contributed by atoms with Gasteiger partial charge in [-0.05, 0) is 24.3 Å². The number of halogens is 5. The van der Waals surface area contributed by atoms with Crippen molar-refractivity contribution in [3.63, 3.8) is 0 Å². The summed E-state index contributed by atoms with van der Waals surface area (Å²) in [5, 5.41) is 3.67. The number of benzene rings is 2. The SMILES string of the molecule is NC(=O)c1ccccc1C1=NOC(c2cc(Cl)cc(Cl)c2)(C(F)(F)F)C1. The van der Waals surface area contributed by atoms with E-state index in [9.17, 15) is 18.0 Å². The highest BCUT2D eigenvalue weighted by Gasteiger charge is 2.62. The summed E-state index contributed by atoms with van der Waals surface area (Å²) in [7, 11) is 0. The minimum Gasteiger partial charge on any atom is -0.374 e. The highest BCUT2D eigenvalue weighted by molar-refractivity contribution is 6.34. The molecule has 2 N–H and O–H groups in total. The van der Waals surface area contributed by atoms with Gasteiger partial charge in [0.2, 0.25) is 5.91 Å². The zero-order valence-electron chi connectivity index (χ0n) is 13.0. The Kier molecular flexibility index (Phi) is 4.62. The van der Waals surface area contributed by atoms with Gasteiger partial charge in [0.25, 0.3) is 5.60 Å². The van der Waals surface area contributed by atoms with E-state index in [0.29, 0.717) is 0 Å². The molecule has 136 valence electrons. The van der Waals surface area contributed by atoms with Gasteiger partial charge in [-0.15, -0.1) is 0 Å². The van der Waals surface area contributed by atoms with E-state index in [0.717, 1.165) is 12.1 Å². The quantitative estimate of drug-likeness (QED) is 0.809. The summed E-state index contributed by atoms with van der Waals surface area (Å²) in [5.41, 5.74) is 2.44. The molecule has 4 nitrogen and oxygen atoms in total. The van der Waals surface area contributed by atoms with Crippen molar-refractivity contribution >= 4 is 34.8 Å². The van der Waals surface area contributed by atoms with Gasteiger partial charge in [-0.3, -0.25) is 4.79 Å². The molecule has 0 aromatic heterocycles. The Balaban J connectivity index is 2.09. The lowest BCUT2D eigenvalue weighted by Crippen LogP contribution is -2.42. The average Bonchev–Trinajstić information content (AvgIpc) is 3.00. The van der Waals surface area contributed by atoms with Crippen LogP contribution >= 0.6 is 23.2 Å². The molecule has 0 saturated heterocycles. The second-order valence-electron chi connectivity index (χ2n) is 5.70. The van der Waals surface area contributed by atoms with E-state index in [2.05, 4.69) is 5.16 Å². The number of amides is 1. The molecule has 9 heteroatoms. The molecule has 3 rings (SSSR count). The Labute approximate surface area is 156 Å². The van der Waals surface area contributed by atoms with E-state index in [1.54, 1.807) is 12.1 Å². The topological polar surface area (TPSA) is 64.7 Å². The molecular weight excluding hydrogens is 392 g/mol. The molecule has 1 heterocycles. The standard InChI is InChI=1S/C17H11Cl2F3N2O2/c18-10-5-9(6-11(19)7-10)16(17(20,21)22)8-14(24-26-16)12-3-1-2-4-13(12)15(23)25/h1-7H,8H2,(H2,23,25). The van der Waals surface area contributed by atoms with Crippen molar-refractivity contribution in [3.05, 3.63) is 69.2 Å². The molecule has 0 radical (unpaired) electrons. The first-order valence-corrected chi connectivity index (χ1v) is 8.07. The van der Waals surface area contributed by atoms with Crippen molar-refractivity contribution in [2.45, 2.75) is 18.2 Å². The van der Waals surface area contributed by atoms with Crippen molar-refractivity contribution in [2.75, 3.05) is 0 Å². The first-order chi connectivity index (χ1) is 12.1. The van der Waals surface area contributed by atoms with E-state index in [1.807, 2.05) is 0 Å². The zero-order chi connectivity index (χ0) is 19.1. The van der Waals surface area contributed by atoms with Gasteiger partial charge in [-0.1, -0.05) is 46.6 Å². The van der Waals surface area contributed by atoms with Crippen molar-refractivity contribution in [3.8, 4) is 0 Å². The largest absolute Gasteiger partial charge is 0.435 e. The van der Waals surface area contributed by atoms with Crippen LogP contribution in [0.4, 0.5) is 13.2 Å². The van der Waals surface area contributed by atoms with Crippen LogP contribution in [0.5, 0.6) is 0 Å². The molecule has 1 atom stereocenters. The van der Waals surface area contributed by atoms with E-state index in [-0.39, 0.29) is 32.4 Å². The van der Waals surface area contributed by atoms with E-state index in [1.165, 1.54) is 18.2 Å². The summed E-state index contributed by atoms with van der Waals surface area (Å²) in [4.78, 5) is 16.5. The summed E-state index contributed by atoms with van der Waals surface area (Å²) in [5.74, 6) is -0.779. The number of nitrogens with zero attached hydrogens (tertiary/aromatic N) is 1. The Morgan fingerprint density at radius 1 is 1.15 bits per heavy atom. The lowest BCUT2D eigenvalue weighted by molar-refractivity contribution is -0.275. The van der Waals surface area contributed by atoms with Crippen LogP contribution < -0.4 is 5.73 Å². The third-order valence-corrected chi connectivity index (χ3v) is 4.45.